The second kappa shape index (κ2) is 4.25. The van der Waals surface area contributed by atoms with E-state index in [0.717, 1.165) is 18.7 Å². The first-order chi connectivity index (χ1) is 8.72. The Bertz CT molecular complexity index is 556. The largest absolute Gasteiger partial charge is 0.368 e. The minimum Gasteiger partial charge on any atom is -0.368 e. The van der Waals surface area contributed by atoms with Crippen LogP contribution in [0, 0.1) is 6.92 Å². The Labute approximate surface area is 105 Å². The van der Waals surface area contributed by atoms with Gasteiger partial charge in [-0.15, -0.1) is 0 Å². The van der Waals surface area contributed by atoms with Crippen molar-refractivity contribution >= 4 is 11.9 Å². The van der Waals surface area contributed by atoms with Crippen LogP contribution in [0.3, 0.4) is 0 Å². The molecule has 2 N–H and O–H groups in total. The van der Waals surface area contributed by atoms with E-state index in [1.165, 1.54) is 12.8 Å². The van der Waals surface area contributed by atoms with Gasteiger partial charge in [0.25, 0.3) is 5.95 Å². The summed E-state index contributed by atoms with van der Waals surface area (Å²) in [6, 6.07) is 0. The highest BCUT2D eigenvalue weighted by molar-refractivity contribution is 5.38. The Balaban J connectivity index is 1.99. The molecule has 7 heteroatoms. The van der Waals surface area contributed by atoms with Crippen molar-refractivity contribution < 1.29 is 0 Å². The summed E-state index contributed by atoms with van der Waals surface area (Å²) >= 11 is 0. The number of rotatable bonds is 2. The molecule has 0 spiro atoms. The quantitative estimate of drug-likeness (QED) is 0.831. The fourth-order valence-corrected chi connectivity index (χ4v) is 2.05. The second-order valence-electron chi connectivity index (χ2n) is 4.45. The molecule has 0 unspecified atom stereocenters. The van der Waals surface area contributed by atoms with Gasteiger partial charge in [-0.3, -0.25) is 0 Å². The number of anilines is 2. The van der Waals surface area contributed by atoms with Gasteiger partial charge in [-0.25, -0.2) is 4.68 Å². The van der Waals surface area contributed by atoms with Crippen LogP contribution in [-0.4, -0.2) is 37.8 Å². The summed E-state index contributed by atoms with van der Waals surface area (Å²) in [7, 11) is 0. The molecule has 0 aliphatic carbocycles. The molecule has 1 fully saturated rings. The van der Waals surface area contributed by atoms with Crippen LogP contribution in [0.2, 0.25) is 0 Å². The molecule has 3 rings (SSSR count). The molecule has 0 saturated carbocycles. The molecule has 2 aromatic heterocycles. The number of aromatic nitrogens is 5. The van der Waals surface area contributed by atoms with Crippen molar-refractivity contribution in [2.24, 2.45) is 0 Å². The third-order valence-corrected chi connectivity index (χ3v) is 2.93. The topological polar surface area (TPSA) is 85.8 Å². The molecule has 1 aliphatic rings. The molecular formula is C11H15N7. The Morgan fingerprint density at radius 2 is 1.83 bits per heavy atom. The van der Waals surface area contributed by atoms with Gasteiger partial charge in [-0.1, -0.05) is 0 Å². The predicted octanol–water partition coefficient (Wildman–Crippen LogP) is 0.548. The van der Waals surface area contributed by atoms with Gasteiger partial charge in [0.05, 0.1) is 6.20 Å². The van der Waals surface area contributed by atoms with Crippen LogP contribution in [0.25, 0.3) is 5.95 Å². The summed E-state index contributed by atoms with van der Waals surface area (Å²) in [6.45, 7) is 3.91. The Morgan fingerprint density at radius 3 is 2.50 bits per heavy atom. The van der Waals surface area contributed by atoms with E-state index in [-0.39, 0.29) is 5.95 Å². The van der Waals surface area contributed by atoms with Crippen molar-refractivity contribution in [3.63, 3.8) is 0 Å². The third kappa shape index (κ3) is 1.99. The molecule has 0 radical (unpaired) electrons. The van der Waals surface area contributed by atoms with Gasteiger partial charge in [0.15, 0.2) is 0 Å². The molecule has 0 bridgehead atoms. The number of nitrogens with two attached hydrogens (primary N) is 1. The van der Waals surface area contributed by atoms with E-state index in [2.05, 4.69) is 25.0 Å². The highest BCUT2D eigenvalue weighted by Gasteiger charge is 2.17. The first-order valence-electron chi connectivity index (χ1n) is 6.00. The van der Waals surface area contributed by atoms with Gasteiger partial charge in [0.1, 0.15) is 0 Å². The SMILES string of the molecule is Cc1cnn(-c2nc(N)nc(N3CCCC3)n2)c1. The third-order valence-electron chi connectivity index (χ3n) is 2.93. The van der Waals surface area contributed by atoms with Crippen molar-refractivity contribution in [3.8, 4) is 5.95 Å². The summed E-state index contributed by atoms with van der Waals surface area (Å²) in [5, 5.41) is 4.18. The number of aryl methyl sites for hydroxylation is 1. The first kappa shape index (κ1) is 10.9. The lowest BCUT2D eigenvalue weighted by Crippen LogP contribution is -2.22. The maximum Gasteiger partial charge on any atom is 0.257 e. The van der Waals surface area contributed by atoms with Gasteiger partial charge in [-0.05, 0) is 25.3 Å². The Kier molecular flexibility index (Phi) is 2.58. The first-order valence-corrected chi connectivity index (χ1v) is 6.00. The average molecular weight is 245 g/mol. The minimum atomic E-state index is 0.232. The molecule has 7 nitrogen and oxygen atoms in total. The maximum absolute atomic E-state index is 5.74. The smallest absolute Gasteiger partial charge is 0.257 e. The average Bonchev–Trinajstić information content (AvgIpc) is 2.98. The monoisotopic (exact) mass is 245 g/mol. The molecule has 1 saturated heterocycles. The Hall–Kier alpha value is -2.18. The predicted molar refractivity (Wildman–Crippen MR) is 67.5 cm³/mol. The molecule has 94 valence electrons. The number of nitrogen functional groups attached to an aromatic ring is 1. The van der Waals surface area contributed by atoms with Gasteiger partial charge in [-0.2, -0.15) is 20.1 Å². The van der Waals surface area contributed by atoms with E-state index in [1.54, 1.807) is 10.9 Å². The highest BCUT2D eigenvalue weighted by atomic mass is 15.4. The Morgan fingerprint density at radius 1 is 1.11 bits per heavy atom. The van der Waals surface area contributed by atoms with Crippen LogP contribution < -0.4 is 10.6 Å². The van der Waals surface area contributed by atoms with E-state index in [0.29, 0.717) is 11.9 Å². The fraction of sp³-hybridized carbons (Fsp3) is 0.455. The number of hydrogen-bond acceptors (Lipinski definition) is 6. The molecular weight excluding hydrogens is 230 g/mol. The standard InChI is InChI=1S/C11H15N7/c1-8-6-13-18(7-8)11-15-9(12)14-10(16-11)17-4-2-3-5-17/h6-7H,2-5H2,1H3,(H2,12,14,15,16). The molecule has 18 heavy (non-hydrogen) atoms. The van der Waals surface area contributed by atoms with E-state index in [1.807, 2.05) is 13.1 Å². The second-order valence-corrected chi connectivity index (χ2v) is 4.45. The zero-order valence-electron chi connectivity index (χ0n) is 10.2. The summed E-state index contributed by atoms with van der Waals surface area (Å²) in [6.07, 6.45) is 5.96. The summed E-state index contributed by atoms with van der Waals surface area (Å²) < 4.78 is 1.62. The van der Waals surface area contributed by atoms with Crippen LogP contribution >= 0.6 is 0 Å². The van der Waals surface area contributed by atoms with Crippen LogP contribution in [-0.2, 0) is 0 Å². The van der Waals surface area contributed by atoms with Crippen LogP contribution in [0.5, 0.6) is 0 Å². The molecule has 3 heterocycles. The minimum absolute atomic E-state index is 0.232. The highest BCUT2D eigenvalue weighted by Crippen LogP contribution is 2.17. The normalized spacial score (nSPS) is 15.3. The van der Waals surface area contributed by atoms with E-state index < -0.39 is 0 Å². The van der Waals surface area contributed by atoms with E-state index >= 15 is 0 Å². The molecule has 1 aliphatic heterocycles. The van der Waals surface area contributed by atoms with Crippen molar-refractivity contribution in [2.45, 2.75) is 19.8 Å². The van der Waals surface area contributed by atoms with Crippen molar-refractivity contribution in [3.05, 3.63) is 18.0 Å². The molecule has 0 amide bonds. The lowest BCUT2D eigenvalue weighted by Gasteiger charge is -2.15. The summed E-state index contributed by atoms with van der Waals surface area (Å²) in [5.41, 5.74) is 6.79. The van der Waals surface area contributed by atoms with E-state index in [4.69, 9.17) is 5.73 Å². The fourth-order valence-electron chi connectivity index (χ4n) is 2.05. The maximum atomic E-state index is 5.74. The number of hydrogen-bond donors (Lipinski definition) is 1. The van der Waals surface area contributed by atoms with Crippen LogP contribution in [0.1, 0.15) is 18.4 Å². The zero-order valence-corrected chi connectivity index (χ0v) is 10.2. The lowest BCUT2D eigenvalue weighted by molar-refractivity contribution is 0.782. The van der Waals surface area contributed by atoms with E-state index in [9.17, 15) is 0 Å². The molecule has 2 aromatic rings. The molecule has 0 aromatic carbocycles. The van der Waals surface area contributed by atoms with Crippen LogP contribution in [0.4, 0.5) is 11.9 Å². The summed E-state index contributed by atoms with van der Waals surface area (Å²) in [4.78, 5) is 14.9. The summed E-state index contributed by atoms with van der Waals surface area (Å²) in [5.74, 6) is 1.34. The molecule has 0 atom stereocenters. The van der Waals surface area contributed by atoms with Crippen LogP contribution in [0.15, 0.2) is 12.4 Å². The van der Waals surface area contributed by atoms with Gasteiger partial charge < -0.3 is 10.6 Å². The number of nitrogens with zero attached hydrogens (tertiary/aromatic N) is 6. The van der Waals surface area contributed by atoms with Gasteiger partial charge in [0, 0.05) is 19.3 Å². The van der Waals surface area contributed by atoms with Crippen molar-refractivity contribution in [2.75, 3.05) is 23.7 Å². The van der Waals surface area contributed by atoms with Gasteiger partial charge in [0.2, 0.25) is 11.9 Å². The van der Waals surface area contributed by atoms with Crippen molar-refractivity contribution in [1.82, 2.24) is 24.7 Å². The van der Waals surface area contributed by atoms with Crippen molar-refractivity contribution in [1.29, 1.82) is 0 Å². The lowest BCUT2D eigenvalue weighted by atomic mass is 10.4. The zero-order chi connectivity index (χ0) is 12.5. The van der Waals surface area contributed by atoms with Gasteiger partial charge >= 0.3 is 0 Å².